The Morgan fingerprint density at radius 2 is 2.47 bits per heavy atom. The van der Waals surface area contributed by atoms with E-state index in [-0.39, 0.29) is 0 Å². The van der Waals surface area contributed by atoms with E-state index in [2.05, 4.69) is 15.0 Å². The number of nitrogens with two attached hydrogens (primary N) is 1. The fourth-order valence-electron chi connectivity index (χ4n) is 1.92. The second kappa shape index (κ2) is 4.72. The molecular formula is C10H18N4O. The lowest BCUT2D eigenvalue weighted by atomic mass is 10.1. The standard InChI is InChI=1S/C10H18N4O/c1-2-9-12-10(15-13-9)7-14-5-3-4-8(11)6-14/h8H,2-7,11H2,1H3. The normalized spacial score (nSPS) is 23.2. The molecule has 0 amide bonds. The van der Waals surface area contributed by atoms with Crippen molar-refractivity contribution in [2.24, 2.45) is 5.73 Å². The van der Waals surface area contributed by atoms with Crippen molar-refractivity contribution in [2.75, 3.05) is 13.1 Å². The van der Waals surface area contributed by atoms with Gasteiger partial charge < -0.3 is 10.3 Å². The topological polar surface area (TPSA) is 68.2 Å². The molecule has 1 aliphatic rings. The molecule has 5 nitrogen and oxygen atoms in total. The van der Waals surface area contributed by atoms with Crippen molar-refractivity contribution in [3.8, 4) is 0 Å². The summed E-state index contributed by atoms with van der Waals surface area (Å²) < 4.78 is 5.15. The number of hydrogen-bond donors (Lipinski definition) is 1. The molecule has 0 spiro atoms. The molecule has 1 unspecified atom stereocenters. The van der Waals surface area contributed by atoms with Crippen molar-refractivity contribution in [1.82, 2.24) is 15.0 Å². The van der Waals surface area contributed by atoms with Crippen molar-refractivity contribution in [3.63, 3.8) is 0 Å². The molecule has 1 aliphatic heterocycles. The molecule has 15 heavy (non-hydrogen) atoms. The van der Waals surface area contributed by atoms with Crippen molar-refractivity contribution in [3.05, 3.63) is 11.7 Å². The smallest absolute Gasteiger partial charge is 0.240 e. The Hall–Kier alpha value is -0.940. The molecule has 5 heteroatoms. The second-order valence-electron chi connectivity index (χ2n) is 4.10. The molecule has 0 aromatic carbocycles. The first-order chi connectivity index (χ1) is 7.28. The maximum atomic E-state index is 5.90. The van der Waals surface area contributed by atoms with E-state index >= 15 is 0 Å². The number of aromatic nitrogens is 2. The van der Waals surface area contributed by atoms with Gasteiger partial charge in [0.1, 0.15) is 0 Å². The predicted molar refractivity (Wildman–Crippen MR) is 56.2 cm³/mol. The zero-order valence-corrected chi connectivity index (χ0v) is 9.15. The molecule has 0 saturated carbocycles. The third-order valence-corrected chi connectivity index (χ3v) is 2.73. The fraction of sp³-hybridized carbons (Fsp3) is 0.800. The Kier molecular flexibility index (Phi) is 3.33. The minimum atomic E-state index is 0.298. The molecule has 0 radical (unpaired) electrons. The quantitative estimate of drug-likeness (QED) is 0.789. The van der Waals surface area contributed by atoms with Gasteiger partial charge in [-0.1, -0.05) is 12.1 Å². The molecule has 2 rings (SSSR count). The SMILES string of the molecule is CCc1noc(CN2CCCC(N)C2)n1. The molecule has 2 heterocycles. The van der Waals surface area contributed by atoms with Crippen LogP contribution in [-0.2, 0) is 13.0 Å². The Labute approximate surface area is 89.6 Å². The maximum absolute atomic E-state index is 5.90. The van der Waals surface area contributed by atoms with E-state index in [1.807, 2.05) is 6.92 Å². The number of aryl methyl sites for hydroxylation is 1. The van der Waals surface area contributed by atoms with Crippen LogP contribution in [0.15, 0.2) is 4.52 Å². The zero-order valence-electron chi connectivity index (χ0n) is 9.15. The highest BCUT2D eigenvalue weighted by Gasteiger charge is 2.18. The van der Waals surface area contributed by atoms with Gasteiger partial charge in [-0.3, -0.25) is 4.90 Å². The van der Waals surface area contributed by atoms with E-state index in [1.54, 1.807) is 0 Å². The maximum Gasteiger partial charge on any atom is 0.240 e. The third-order valence-electron chi connectivity index (χ3n) is 2.73. The summed E-state index contributed by atoms with van der Waals surface area (Å²) >= 11 is 0. The number of likely N-dealkylation sites (tertiary alicyclic amines) is 1. The number of piperidine rings is 1. The van der Waals surface area contributed by atoms with Gasteiger partial charge in [0.15, 0.2) is 5.82 Å². The van der Waals surface area contributed by atoms with E-state index in [0.29, 0.717) is 11.9 Å². The molecule has 1 aromatic heterocycles. The molecule has 1 saturated heterocycles. The number of nitrogens with zero attached hydrogens (tertiary/aromatic N) is 3. The third kappa shape index (κ3) is 2.76. The fourth-order valence-corrected chi connectivity index (χ4v) is 1.92. The Bertz CT molecular complexity index is 312. The summed E-state index contributed by atoms with van der Waals surface area (Å²) in [6.45, 7) is 4.77. The van der Waals surface area contributed by atoms with Crippen LogP contribution in [0.3, 0.4) is 0 Å². The summed E-state index contributed by atoms with van der Waals surface area (Å²) in [5.41, 5.74) is 5.90. The van der Waals surface area contributed by atoms with Gasteiger partial charge in [-0.15, -0.1) is 0 Å². The van der Waals surface area contributed by atoms with Crippen LogP contribution in [0.5, 0.6) is 0 Å². The van der Waals surface area contributed by atoms with Gasteiger partial charge in [0.05, 0.1) is 6.54 Å². The highest BCUT2D eigenvalue weighted by molar-refractivity contribution is 4.87. The van der Waals surface area contributed by atoms with Gasteiger partial charge in [0.2, 0.25) is 5.89 Å². The van der Waals surface area contributed by atoms with Gasteiger partial charge in [-0.2, -0.15) is 4.98 Å². The first kappa shape index (κ1) is 10.6. The molecule has 0 bridgehead atoms. The summed E-state index contributed by atoms with van der Waals surface area (Å²) in [5, 5.41) is 3.88. The average Bonchev–Trinajstić information content (AvgIpc) is 2.65. The van der Waals surface area contributed by atoms with Crippen LogP contribution >= 0.6 is 0 Å². The van der Waals surface area contributed by atoms with Crippen molar-refractivity contribution >= 4 is 0 Å². The van der Waals surface area contributed by atoms with E-state index in [9.17, 15) is 0 Å². The molecule has 1 atom stereocenters. The van der Waals surface area contributed by atoms with Gasteiger partial charge in [-0.05, 0) is 19.4 Å². The van der Waals surface area contributed by atoms with Crippen LogP contribution in [-0.4, -0.2) is 34.2 Å². The first-order valence-corrected chi connectivity index (χ1v) is 5.57. The lowest BCUT2D eigenvalue weighted by Crippen LogP contribution is -2.42. The van der Waals surface area contributed by atoms with E-state index < -0.39 is 0 Å². The molecule has 2 N–H and O–H groups in total. The summed E-state index contributed by atoms with van der Waals surface area (Å²) in [5.74, 6) is 1.49. The van der Waals surface area contributed by atoms with E-state index in [4.69, 9.17) is 10.3 Å². The Morgan fingerprint density at radius 3 is 3.13 bits per heavy atom. The lowest BCUT2D eigenvalue weighted by molar-refractivity contribution is 0.178. The van der Waals surface area contributed by atoms with Crippen LogP contribution in [0, 0.1) is 0 Å². The lowest BCUT2D eigenvalue weighted by Gasteiger charge is -2.29. The molecule has 1 aromatic rings. The van der Waals surface area contributed by atoms with Gasteiger partial charge in [0.25, 0.3) is 0 Å². The van der Waals surface area contributed by atoms with Gasteiger partial charge in [0, 0.05) is 19.0 Å². The Balaban J connectivity index is 1.90. The number of hydrogen-bond acceptors (Lipinski definition) is 5. The molecular weight excluding hydrogens is 192 g/mol. The average molecular weight is 210 g/mol. The van der Waals surface area contributed by atoms with E-state index in [1.165, 1.54) is 0 Å². The highest BCUT2D eigenvalue weighted by atomic mass is 16.5. The minimum absolute atomic E-state index is 0.298. The summed E-state index contributed by atoms with van der Waals surface area (Å²) in [4.78, 5) is 6.57. The summed E-state index contributed by atoms with van der Waals surface area (Å²) in [6, 6.07) is 0.298. The Morgan fingerprint density at radius 1 is 1.60 bits per heavy atom. The van der Waals surface area contributed by atoms with Crippen LogP contribution in [0.1, 0.15) is 31.5 Å². The largest absolute Gasteiger partial charge is 0.338 e. The number of rotatable bonds is 3. The van der Waals surface area contributed by atoms with Crippen LogP contribution in [0.2, 0.25) is 0 Å². The monoisotopic (exact) mass is 210 g/mol. The molecule has 84 valence electrons. The molecule has 1 fully saturated rings. The van der Waals surface area contributed by atoms with Crippen LogP contribution < -0.4 is 5.73 Å². The minimum Gasteiger partial charge on any atom is -0.338 e. The summed E-state index contributed by atoms with van der Waals surface area (Å²) in [7, 11) is 0. The second-order valence-corrected chi connectivity index (χ2v) is 4.10. The summed E-state index contributed by atoms with van der Waals surface area (Å²) in [6.07, 6.45) is 3.11. The van der Waals surface area contributed by atoms with Crippen molar-refractivity contribution < 1.29 is 4.52 Å². The van der Waals surface area contributed by atoms with Gasteiger partial charge in [-0.25, -0.2) is 0 Å². The van der Waals surface area contributed by atoms with Crippen molar-refractivity contribution in [1.29, 1.82) is 0 Å². The van der Waals surface area contributed by atoms with Gasteiger partial charge >= 0.3 is 0 Å². The zero-order chi connectivity index (χ0) is 10.7. The molecule has 0 aliphatic carbocycles. The van der Waals surface area contributed by atoms with Crippen molar-refractivity contribution in [2.45, 2.75) is 38.8 Å². The van der Waals surface area contributed by atoms with Crippen LogP contribution in [0.25, 0.3) is 0 Å². The van der Waals surface area contributed by atoms with E-state index in [0.717, 1.165) is 44.7 Å². The highest BCUT2D eigenvalue weighted by Crippen LogP contribution is 2.11. The predicted octanol–water partition coefficient (Wildman–Crippen LogP) is 0.555. The first-order valence-electron chi connectivity index (χ1n) is 5.57. The van der Waals surface area contributed by atoms with Crippen LogP contribution in [0.4, 0.5) is 0 Å².